The van der Waals surface area contributed by atoms with Crippen molar-refractivity contribution >= 4 is 16.9 Å². The molecule has 1 aliphatic heterocycles. The Bertz CT molecular complexity index is 1190. The first kappa shape index (κ1) is 20.3. The van der Waals surface area contributed by atoms with Crippen molar-refractivity contribution in [3.63, 3.8) is 0 Å². The number of fused-ring (bicyclic) bond motifs is 1. The van der Waals surface area contributed by atoms with Gasteiger partial charge in [-0.2, -0.15) is 0 Å². The average Bonchev–Trinajstić information content (AvgIpc) is 3.39. The fourth-order valence-electron chi connectivity index (χ4n) is 4.48. The number of carbonyl (C=O) groups is 1. The van der Waals surface area contributed by atoms with Gasteiger partial charge in [0.1, 0.15) is 18.2 Å². The van der Waals surface area contributed by atoms with Crippen molar-refractivity contribution in [1.29, 1.82) is 0 Å². The van der Waals surface area contributed by atoms with Gasteiger partial charge in [0.2, 0.25) is 5.91 Å². The fourth-order valence-corrected chi connectivity index (χ4v) is 4.48. The molecule has 0 N–H and O–H groups in total. The maximum absolute atomic E-state index is 12.8. The maximum Gasteiger partial charge on any atom is 0.223 e. The van der Waals surface area contributed by atoms with Gasteiger partial charge in [-0.25, -0.2) is 4.98 Å². The van der Waals surface area contributed by atoms with Crippen LogP contribution in [-0.2, 0) is 17.8 Å². The van der Waals surface area contributed by atoms with Crippen molar-refractivity contribution in [2.75, 3.05) is 19.7 Å². The van der Waals surface area contributed by atoms with Crippen LogP contribution in [0.3, 0.4) is 0 Å². The number of amides is 1. The zero-order valence-corrected chi connectivity index (χ0v) is 18.1. The molecule has 0 radical (unpaired) electrons. The molecule has 1 amide bonds. The Morgan fingerprint density at radius 3 is 2.41 bits per heavy atom. The standard InChI is InChI=1S/C27H27N3O2/c31-26-19-22(20-29(26)16-15-21-9-3-1-4-10-21)27-28-24-13-7-8-14-25(24)30(27)17-18-32-23-11-5-2-6-12-23/h1-14,22H,15-20H2/t22-/m0/s1. The van der Waals surface area contributed by atoms with Crippen LogP contribution in [0, 0.1) is 0 Å². The summed E-state index contributed by atoms with van der Waals surface area (Å²) in [7, 11) is 0. The Balaban J connectivity index is 1.32. The number of nitrogens with zero attached hydrogens (tertiary/aromatic N) is 3. The number of hydrogen-bond donors (Lipinski definition) is 0. The summed E-state index contributed by atoms with van der Waals surface area (Å²) in [6.45, 7) is 2.71. The van der Waals surface area contributed by atoms with E-state index in [-0.39, 0.29) is 11.8 Å². The molecule has 1 atom stereocenters. The largest absolute Gasteiger partial charge is 0.492 e. The maximum atomic E-state index is 12.8. The fraction of sp³-hybridized carbons (Fsp3) is 0.259. The molecular formula is C27H27N3O2. The van der Waals surface area contributed by atoms with Gasteiger partial charge in [0.25, 0.3) is 0 Å². The van der Waals surface area contributed by atoms with Crippen molar-refractivity contribution in [3.05, 3.63) is 96.3 Å². The van der Waals surface area contributed by atoms with Crippen LogP contribution in [0.15, 0.2) is 84.9 Å². The van der Waals surface area contributed by atoms with Gasteiger partial charge in [0.05, 0.1) is 17.6 Å². The monoisotopic (exact) mass is 425 g/mol. The van der Waals surface area contributed by atoms with Gasteiger partial charge in [0, 0.05) is 25.4 Å². The third-order valence-electron chi connectivity index (χ3n) is 6.10. The molecule has 1 aromatic heterocycles. The van der Waals surface area contributed by atoms with Gasteiger partial charge in [-0.3, -0.25) is 4.79 Å². The summed E-state index contributed by atoms with van der Waals surface area (Å²) in [6.07, 6.45) is 1.39. The van der Waals surface area contributed by atoms with Gasteiger partial charge < -0.3 is 14.2 Å². The van der Waals surface area contributed by atoms with E-state index in [1.54, 1.807) is 0 Å². The molecule has 162 valence electrons. The molecule has 1 aliphatic rings. The summed E-state index contributed by atoms with van der Waals surface area (Å²) in [5.74, 6) is 2.16. The summed E-state index contributed by atoms with van der Waals surface area (Å²) in [5.41, 5.74) is 3.32. The lowest BCUT2D eigenvalue weighted by atomic mass is 10.1. The van der Waals surface area contributed by atoms with Crippen LogP contribution in [0.5, 0.6) is 5.75 Å². The highest BCUT2D eigenvalue weighted by atomic mass is 16.5. The third kappa shape index (κ3) is 4.37. The van der Waals surface area contributed by atoms with E-state index in [1.165, 1.54) is 5.56 Å². The second kappa shape index (κ2) is 9.27. The van der Waals surface area contributed by atoms with E-state index >= 15 is 0 Å². The van der Waals surface area contributed by atoms with E-state index in [4.69, 9.17) is 9.72 Å². The molecule has 0 bridgehead atoms. The molecule has 3 aromatic carbocycles. The molecule has 5 rings (SSSR count). The van der Waals surface area contributed by atoms with E-state index in [1.807, 2.05) is 71.6 Å². The van der Waals surface area contributed by atoms with E-state index in [0.717, 1.165) is 35.6 Å². The second-order valence-electron chi connectivity index (χ2n) is 8.25. The van der Waals surface area contributed by atoms with Crippen molar-refractivity contribution in [1.82, 2.24) is 14.5 Å². The zero-order valence-electron chi connectivity index (χ0n) is 18.1. The van der Waals surface area contributed by atoms with Crippen LogP contribution >= 0.6 is 0 Å². The molecule has 0 unspecified atom stereocenters. The van der Waals surface area contributed by atoms with Gasteiger partial charge in [-0.15, -0.1) is 0 Å². The number of imidazole rings is 1. The number of ether oxygens (including phenoxy) is 1. The van der Waals surface area contributed by atoms with E-state index in [9.17, 15) is 4.79 Å². The van der Waals surface area contributed by atoms with Crippen molar-refractivity contribution in [3.8, 4) is 5.75 Å². The Morgan fingerprint density at radius 2 is 1.59 bits per heavy atom. The van der Waals surface area contributed by atoms with Gasteiger partial charge >= 0.3 is 0 Å². The Labute approximate surface area is 188 Å². The Morgan fingerprint density at radius 1 is 0.875 bits per heavy atom. The Hall–Kier alpha value is -3.60. The lowest BCUT2D eigenvalue weighted by Crippen LogP contribution is -2.27. The number of aromatic nitrogens is 2. The minimum atomic E-state index is 0.0994. The number of rotatable bonds is 8. The normalized spacial score (nSPS) is 16.1. The molecule has 0 saturated carbocycles. The van der Waals surface area contributed by atoms with Crippen LogP contribution in [0.1, 0.15) is 23.7 Å². The zero-order chi connectivity index (χ0) is 21.8. The first-order valence-corrected chi connectivity index (χ1v) is 11.2. The lowest BCUT2D eigenvalue weighted by Gasteiger charge is -2.17. The molecule has 5 nitrogen and oxygen atoms in total. The van der Waals surface area contributed by atoms with Crippen molar-refractivity contribution in [2.45, 2.75) is 25.3 Å². The topological polar surface area (TPSA) is 47.4 Å². The minimum absolute atomic E-state index is 0.0994. The highest BCUT2D eigenvalue weighted by molar-refractivity contribution is 5.81. The molecule has 2 heterocycles. The van der Waals surface area contributed by atoms with Gasteiger partial charge in [-0.1, -0.05) is 60.7 Å². The second-order valence-corrected chi connectivity index (χ2v) is 8.25. The summed E-state index contributed by atoms with van der Waals surface area (Å²) >= 11 is 0. The van der Waals surface area contributed by atoms with Crippen LogP contribution in [0.4, 0.5) is 0 Å². The molecule has 5 heteroatoms. The highest BCUT2D eigenvalue weighted by Crippen LogP contribution is 2.30. The number of likely N-dealkylation sites (tertiary alicyclic amines) is 1. The minimum Gasteiger partial charge on any atom is -0.492 e. The molecule has 4 aromatic rings. The van der Waals surface area contributed by atoms with Crippen LogP contribution < -0.4 is 4.74 Å². The number of para-hydroxylation sites is 3. The molecular weight excluding hydrogens is 398 g/mol. The van der Waals surface area contributed by atoms with Crippen LogP contribution in [0.2, 0.25) is 0 Å². The molecule has 0 aliphatic carbocycles. The van der Waals surface area contributed by atoms with Crippen LogP contribution in [-0.4, -0.2) is 40.1 Å². The van der Waals surface area contributed by atoms with Gasteiger partial charge in [0.15, 0.2) is 0 Å². The highest BCUT2D eigenvalue weighted by Gasteiger charge is 2.33. The van der Waals surface area contributed by atoms with Crippen molar-refractivity contribution < 1.29 is 9.53 Å². The summed E-state index contributed by atoms with van der Waals surface area (Å²) < 4.78 is 8.18. The summed E-state index contributed by atoms with van der Waals surface area (Å²) in [4.78, 5) is 19.7. The van der Waals surface area contributed by atoms with E-state index < -0.39 is 0 Å². The predicted molar refractivity (Wildman–Crippen MR) is 126 cm³/mol. The molecule has 1 saturated heterocycles. The summed E-state index contributed by atoms with van der Waals surface area (Å²) in [5, 5.41) is 0. The van der Waals surface area contributed by atoms with Crippen LogP contribution in [0.25, 0.3) is 11.0 Å². The number of hydrogen-bond acceptors (Lipinski definition) is 3. The number of benzene rings is 3. The quantitative estimate of drug-likeness (QED) is 0.412. The Kier molecular flexibility index (Phi) is 5.88. The first-order valence-electron chi connectivity index (χ1n) is 11.2. The van der Waals surface area contributed by atoms with E-state index in [2.05, 4.69) is 22.8 Å². The molecule has 1 fully saturated rings. The predicted octanol–water partition coefficient (Wildman–Crippen LogP) is 4.67. The summed E-state index contributed by atoms with van der Waals surface area (Å²) in [6, 6.07) is 28.4. The van der Waals surface area contributed by atoms with Gasteiger partial charge in [-0.05, 0) is 36.2 Å². The molecule has 0 spiro atoms. The number of carbonyl (C=O) groups excluding carboxylic acids is 1. The SMILES string of the molecule is O=C1C[C@H](c2nc3ccccc3n2CCOc2ccccc2)CN1CCc1ccccc1. The van der Waals surface area contributed by atoms with E-state index in [0.29, 0.717) is 26.1 Å². The smallest absolute Gasteiger partial charge is 0.223 e. The first-order chi connectivity index (χ1) is 15.8. The lowest BCUT2D eigenvalue weighted by molar-refractivity contribution is -0.127. The molecule has 32 heavy (non-hydrogen) atoms. The third-order valence-corrected chi connectivity index (χ3v) is 6.10. The average molecular weight is 426 g/mol. The van der Waals surface area contributed by atoms with Crippen molar-refractivity contribution in [2.24, 2.45) is 0 Å².